The van der Waals surface area contributed by atoms with Crippen LogP contribution in [0.1, 0.15) is 19.3 Å². The van der Waals surface area contributed by atoms with Gasteiger partial charge < -0.3 is 10.1 Å². The van der Waals surface area contributed by atoms with Crippen molar-refractivity contribution in [2.75, 3.05) is 18.5 Å². The van der Waals surface area contributed by atoms with E-state index >= 15 is 0 Å². The Hall–Kier alpha value is -0.610. The molecule has 0 amide bonds. The summed E-state index contributed by atoms with van der Waals surface area (Å²) in [5, 5.41) is 3.21. The van der Waals surface area contributed by atoms with Crippen molar-refractivity contribution in [3.05, 3.63) is 28.5 Å². The summed E-state index contributed by atoms with van der Waals surface area (Å²) in [6.07, 6.45) is 3.71. The van der Waals surface area contributed by atoms with E-state index in [9.17, 15) is 4.39 Å². The van der Waals surface area contributed by atoms with Gasteiger partial charge in [0, 0.05) is 17.6 Å². The molecule has 88 valence electrons. The Labute approximate surface area is 103 Å². The minimum atomic E-state index is -0.227. The maximum absolute atomic E-state index is 13.0. The van der Waals surface area contributed by atoms with Gasteiger partial charge in [-0.05, 0) is 53.4 Å². The summed E-state index contributed by atoms with van der Waals surface area (Å²) in [6.45, 7) is 1.58. The first-order chi connectivity index (χ1) is 7.75. The first-order valence-corrected chi connectivity index (χ1v) is 6.35. The highest BCUT2D eigenvalue weighted by atomic mass is 79.9. The molecule has 1 aromatic carbocycles. The average molecular weight is 288 g/mol. The van der Waals surface area contributed by atoms with Gasteiger partial charge in [0.2, 0.25) is 0 Å². The molecule has 1 unspecified atom stereocenters. The molecule has 0 aromatic heterocycles. The Balaban J connectivity index is 1.90. The summed E-state index contributed by atoms with van der Waals surface area (Å²) in [4.78, 5) is 0. The van der Waals surface area contributed by atoms with Crippen LogP contribution in [0.3, 0.4) is 0 Å². The summed E-state index contributed by atoms with van der Waals surface area (Å²) in [5.41, 5.74) is 0.786. The number of ether oxygens (including phenoxy) is 1. The normalized spacial score (nSPS) is 20.8. The fourth-order valence-corrected chi connectivity index (χ4v) is 2.21. The van der Waals surface area contributed by atoms with E-state index in [0.717, 1.165) is 36.2 Å². The van der Waals surface area contributed by atoms with Crippen LogP contribution in [0.4, 0.5) is 10.1 Å². The number of rotatable bonds is 3. The number of halogens is 2. The van der Waals surface area contributed by atoms with Crippen molar-refractivity contribution in [2.45, 2.75) is 25.4 Å². The van der Waals surface area contributed by atoms with E-state index in [1.165, 1.54) is 18.6 Å². The maximum Gasteiger partial charge on any atom is 0.125 e. The molecule has 1 fully saturated rings. The van der Waals surface area contributed by atoms with E-state index in [4.69, 9.17) is 4.74 Å². The summed E-state index contributed by atoms with van der Waals surface area (Å²) >= 11 is 3.39. The SMILES string of the molecule is Fc1ccc(Br)c(NCC2CCCCO2)c1. The van der Waals surface area contributed by atoms with E-state index in [-0.39, 0.29) is 11.9 Å². The third kappa shape index (κ3) is 3.19. The summed E-state index contributed by atoms with van der Waals surface area (Å²) in [7, 11) is 0. The molecule has 1 atom stereocenters. The highest BCUT2D eigenvalue weighted by molar-refractivity contribution is 9.10. The quantitative estimate of drug-likeness (QED) is 0.918. The van der Waals surface area contributed by atoms with Crippen molar-refractivity contribution in [3.8, 4) is 0 Å². The van der Waals surface area contributed by atoms with Gasteiger partial charge in [0.1, 0.15) is 5.82 Å². The fourth-order valence-electron chi connectivity index (χ4n) is 1.83. The van der Waals surface area contributed by atoms with Gasteiger partial charge in [-0.25, -0.2) is 4.39 Å². The molecular formula is C12H15BrFNO. The monoisotopic (exact) mass is 287 g/mol. The van der Waals surface area contributed by atoms with Crippen molar-refractivity contribution in [3.63, 3.8) is 0 Å². The lowest BCUT2D eigenvalue weighted by Crippen LogP contribution is -2.27. The first-order valence-electron chi connectivity index (χ1n) is 5.56. The molecule has 1 saturated heterocycles. The molecular weight excluding hydrogens is 273 g/mol. The van der Waals surface area contributed by atoms with Gasteiger partial charge in [0.15, 0.2) is 0 Å². The Bertz CT molecular complexity index is 353. The van der Waals surface area contributed by atoms with Crippen LogP contribution in [0.5, 0.6) is 0 Å². The lowest BCUT2D eigenvalue weighted by Gasteiger charge is -2.23. The Kier molecular flexibility index (Phi) is 4.18. The Morgan fingerprint density at radius 2 is 2.31 bits per heavy atom. The van der Waals surface area contributed by atoms with Gasteiger partial charge >= 0.3 is 0 Å². The molecule has 2 rings (SSSR count). The third-order valence-electron chi connectivity index (χ3n) is 2.72. The van der Waals surface area contributed by atoms with Crippen molar-refractivity contribution in [1.29, 1.82) is 0 Å². The smallest absolute Gasteiger partial charge is 0.125 e. The minimum Gasteiger partial charge on any atom is -0.381 e. The zero-order valence-electron chi connectivity index (χ0n) is 9.01. The topological polar surface area (TPSA) is 21.3 Å². The van der Waals surface area contributed by atoms with E-state index in [1.54, 1.807) is 6.07 Å². The average Bonchev–Trinajstić information content (AvgIpc) is 2.32. The summed E-state index contributed by atoms with van der Waals surface area (Å²) < 4.78 is 19.5. The zero-order valence-corrected chi connectivity index (χ0v) is 10.6. The second-order valence-corrected chi connectivity index (χ2v) is 4.85. The molecule has 1 aliphatic rings. The number of nitrogens with one attached hydrogen (secondary N) is 1. The molecule has 0 saturated carbocycles. The van der Waals surface area contributed by atoms with Crippen LogP contribution in [-0.2, 0) is 4.74 Å². The predicted molar refractivity (Wildman–Crippen MR) is 66.2 cm³/mol. The van der Waals surface area contributed by atoms with Crippen LogP contribution in [0.15, 0.2) is 22.7 Å². The Morgan fingerprint density at radius 1 is 1.44 bits per heavy atom. The third-order valence-corrected chi connectivity index (χ3v) is 3.41. The largest absolute Gasteiger partial charge is 0.381 e. The highest BCUT2D eigenvalue weighted by Gasteiger charge is 2.13. The van der Waals surface area contributed by atoms with Gasteiger partial charge in [-0.2, -0.15) is 0 Å². The van der Waals surface area contributed by atoms with Gasteiger partial charge in [0.25, 0.3) is 0 Å². The zero-order chi connectivity index (χ0) is 11.4. The standard InChI is InChI=1S/C12H15BrFNO/c13-11-5-4-9(14)7-12(11)15-8-10-3-1-2-6-16-10/h4-5,7,10,15H,1-3,6,8H2. The van der Waals surface area contributed by atoms with Crippen LogP contribution < -0.4 is 5.32 Å². The lowest BCUT2D eigenvalue weighted by molar-refractivity contribution is 0.0247. The second-order valence-electron chi connectivity index (χ2n) is 3.99. The van der Waals surface area contributed by atoms with Gasteiger partial charge in [-0.1, -0.05) is 0 Å². The molecule has 0 aliphatic carbocycles. The molecule has 0 spiro atoms. The first kappa shape index (κ1) is 11.9. The fraction of sp³-hybridized carbons (Fsp3) is 0.500. The van der Waals surface area contributed by atoms with E-state index in [1.807, 2.05) is 0 Å². The van der Waals surface area contributed by atoms with Crippen LogP contribution in [0, 0.1) is 5.82 Å². The second kappa shape index (κ2) is 5.64. The molecule has 0 bridgehead atoms. The van der Waals surface area contributed by atoms with Gasteiger partial charge in [-0.3, -0.25) is 0 Å². The van der Waals surface area contributed by atoms with Crippen LogP contribution in [0.2, 0.25) is 0 Å². The molecule has 1 N–H and O–H groups in total. The molecule has 1 heterocycles. The molecule has 1 aliphatic heterocycles. The predicted octanol–water partition coefficient (Wildman–Crippen LogP) is 3.57. The molecule has 16 heavy (non-hydrogen) atoms. The summed E-state index contributed by atoms with van der Waals surface area (Å²) in [6, 6.07) is 4.64. The van der Waals surface area contributed by atoms with Crippen molar-refractivity contribution in [1.82, 2.24) is 0 Å². The molecule has 2 nitrogen and oxygen atoms in total. The van der Waals surface area contributed by atoms with Crippen molar-refractivity contribution < 1.29 is 9.13 Å². The van der Waals surface area contributed by atoms with E-state index in [2.05, 4.69) is 21.2 Å². The van der Waals surface area contributed by atoms with Crippen molar-refractivity contribution in [2.24, 2.45) is 0 Å². The van der Waals surface area contributed by atoms with E-state index in [0.29, 0.717) is 0 Å². The molecule has 1 aromatic rings. The molecule has 4 heteroatoms. The van der Waals surface area contributed by atoms with Crippen LogP contribution in [-0.4, -0.2) is 19.3 Å². The maximum atomic E-state index is 13.0. The number of hydrogen-bond acceptors (Lipinski definition) is 2. The van der Waals surface area contributed by atoms with Gasteiger partial charge in [0.05, 0.1) is 11.8 Å². The summed E-state index contributed by atoms with van der Waals surface area (Å²) in [5.74, 6) is -0.227. The lowest BCUT2D eigenvalue weighted by atomic mass is 10.1. The number of hydrogen-bond donors (Lipinski definition) is 1. The molecule has 0 radical (unpaired) electrons. The number of benzene rings is 1. The van der Waals surface area contributed by atoms with Crippen LogP contribution >= 0.6 is 15.9 Å². The Morgan fingerprint density at radius 3 is 3.06 bits per heavy atom. The van der Waals surface area contributed by atoms with Crippen LogP contribution in [0.25, 0.3) is 0 Å². The highest BCUT2D eigenvalue weighted by Crippen LogP contribution is 2.23. The van der Waals surface area contributed by atoms with E-state index < -0.39 is 0 Å². The number of anilines is 1. The van der Waals surface area contributed by atoms with Crippen molar-refractivity contribution >= 4 is 21.6 Å². The van der Waals surface area contributed by atoms with Gasteiger partial charge in [-0.15, -0.1) is 0 Å². The minimum absolute atomic E-state index is 0.227.